The predicted octanol–water partition coefficient (Wildman–Crippen LogP) is 1.76. The van der Waals surface area contributed by atoms with Gasteiger partial charge in [0.25, 0.3) is 11.5 Å². The van der Waals surface area contributed by atoms with Crippen LogP contribution in [-0.2, 0) is 25.9 Å². The average molecular weight is 436 g/mol. The highest BCUT2D eigenvalue weighted by molar-refractivity contribution is 5.94. The van der Waals surface area contributed by atoms with Crippen LogP contribution < -0.4 is 5.56 Å². The molecule has 0 unspecified atom stereocenters. The highest BCUT2D eigenvalue weighted by Crippen LogP contribution is 2.40. The van der Waals surface area contributed by atoms with Crippen molar-refractivity contribution >= 4 is 11.9 Å². The summed E-state index contributed by atoms with van der Waals surface area (Å²) in [6, 6.07) is 9.25. The topological polar surface area (TPSA) is 78.8 Å². The van der Waals surface area contributed by atoms with Crippen LogP contribution in [-0.4, -0.2) is 69.9 Å². The summed E-state index contributed by atoms with van der Waals surface area (Å²) in [7, 11) is 3.55. The number of aromatic nitrogens is 2. The molecule has 0 aliphatic carbocycles. The minimum Gasteiger partial charge on any atom is -0.334 e. The van der Waals surface area contributed by atoms with Gasteiger partial charge >= 0.3 is 6.03 Å². The number of urea groups is 1. The van der Waals surface area contributed by atoms with E-state index in [1.807, 2.05) is 39.8 Å². The van der Waals surface area contributed by atoms with Gasteiger partial charge in [-0.3, -0.25) is 14.2 Å². The number of piperidine rings is 1. The molecule has 8 heteroatoms. The Hall–Kier alpha value is -3.16. The average Bonchev–Trinajstić information content (AvgIpc) is 3.17. The van der Waals surface area contributed by atoms with Gasteiger partial charge in [0.05, 0.1) is 17.8 Å². The monoisotopic (exact) mass is 435 g/mol. The molecule has 1 aromatic carbocycles. The quantitative estimate of drug-likeness (QED) is 0.684. The molecule has 0 atom stereocenters. The van der Waals surface area contributed by atoms with Crippen molar-refractivity contribution in [1.29, 1.82) is 0 Å². The molecule has 1 saturated heterocycles. The molecule has 5 rings (SSSR count). The Kier molecular flexibility index (Phi) is 5.03. The lowest BCUT2D eigenvalue weighted by atomic mass is 9.77. The number of hydrogen-bond acceptors (Lipinski definition) is 4. The van der Waals surface area contributed by atoms with E-state index in [-0.39, 0.29) is 22.9 Å². The van der Waals surface area contributed by atoms with E-state index >= 15 is 0 Å². The van der Waals surface area contributed by atoms with E-state index in [1.54, 1.807) is 23.9 Å². The molecule has 4 heterocycles. The SMILES string of the molecule is CN(C)C(=O)N1CCC2(CC1)Cc1nc3c(c(=O)n1C2)CN(C(=O)c1ccccc1)CC3. The number of amides is 3. The third-order valence-electron chi connectivity index (χ3n) is 7.21. The number of fused-ring (bicyclic) bond motifs is 2. The number of benzene rings is 1. The molecule has 3 amide bonds. The Bertz CT molecular complexity index is 1120. The van der Waals surface area contributed by atoms with Gasteiger partial charge in [-0.1, -0.05) is 18.2 Å². The van der Waals surface area contributed by atoms with Crippen molar-refractivity contribution in [3.63, 3.8) is 0 Å². The molecule has 8 nitrogen and oxygen atoms in total. The van der Waals surface area contributed by atoms with Crippen LogP contribution >= 0.6 is 0 Å². The van der Waals surface area contributed by atoms with Crippen molar-refractivity contribution in [3.8, 4) is 0 Å². The van der Waals surface area contributed by atoms with Gasteiger partial charge in [0.2, 0.25) is 0 Å². The number of nitrogens with zero attached hydrogens (tertiary/aromatic N) is 5. The normalized spacial score (nSPS) is 18.9. The van der Waals surface area contributed by atoms with Crippen molar-refractivity contribution in [2.24, 2.45) is 5.41 Å². The van der Waals surface area contributed by atoms with Crippen LogP contribution in [0.25, 0.3) is 0 Å². The molecule has 3 aliphatic rings. The van der Waals surface area contributed by atoms with Crippen molar-refractivity contribution < 1.29 is 9.59 Å². The zero-order chi connectivity index (χ0) is 22.5. The van der Waals surface area contributed by atoms with E-state index in [9.17, 15) is 14.4 Å². The van der Waals surface area contributed by atoms with Crippen LogP contribution in [0.1, 0.15) is 40.3 Å². The highest BCUT2D eigenvalue weighted by atomic mass is 16.2. The van der Waals surface area contributed by atoms with E-state index in [2.05, 4.69) is 0 Å². The Labute approximate surface area is 187 Å². The number of likely N-dealkylation sites (tertiary alicyclic amines) is 1. The molecule has 1 aromatic heterocycles. The third kappa shape index (κ3) is 3.47. The van der Waals surface area contributed by atoms with E-state index in [4.69, 9.17) is 4.98 Å². The van der Waals surface area contributed by atoms with Gasteiger partial charge in [0.15, 0.2) is 0 Å². The summed E-state index contributed by atoms with van der Waals surface area (Å²) >= 11 is 0. The van der Waals surface area contributed by atoms with Gasteiger partial charge in [-0.15, -0.1) is 0 Å². The number of carbonyl (C=O) groups is 2. The van der Waals surface area contributed by atoms with Crippen molar-refractivity contribution in [2.45, 2.75) is 38.8 Å². The van der Waals surface area contributed by atoms with Crippen molar-refractivity contribution in [3.05, 3.63) is 63.3 Å². The van der Waals surface area contributed by atoms with E-state index in [0.29, 0.717) is 50.3 Å². The van der Waals surface area contributed by atoms with Crippen molar-refractivity contribution in [1.82, 2.24) is 24.3 Å². The summed E-state index contributed by atoms with van der Waals surface area (Å²) in [6.45, 7) is 2.95. The first-order valence-electron chi connectivity index (χ1n) is 11.3. The second-order valence-corrected chi connectivity index (χ2v) is 9.53. The summed E-state index contributed by atoms with van der Waals surface area (Å²) in [5.74, 6) is 0.819. The fraction of sp³-hybridized carbons (Fsp3) is 0.500. The maximum Gasteiger partial charge on any atom is 0.319 e. The number of hydrogen-bond donors (Lipinski definition) is 0. The van der Waals surface area contributed by atoms with E-state index < -0.39 is 0 Å². The molecule has 168 valence electrons. The first-order valence-corrected chi connectivity index (χ1v) is 11.3. The highest BCUT2D eigenvalue weighted by Gasteiger charge is 2.43. The summed E-state index contributed by atoms with van der Waals surface area (Å²) in [5, 5.41) is 0. The number of rotatable bonds is 1. The van der Waals surface area contributed by atoms with Crippen molar-refractivity contribution in [2.75, 3.05) is 33.7 Å². The standard InChI is InChI=1S/C24H29N5O3/c1-26(2)23(32)27-12-9-24(10-13-27)14-20-25-19-8-11-28(15-18(19)22(31)29(20)16-24)21(30)17-6-4-3-5-7-17/h3-7H,8-16H2,1-2H3. The lowest BCUT2D eigenvalue weighted by Gasteiger charge is -2.39. The smallest absolute Gasteiger partial charge is 0.319 e. The van der Waals surface area contributed by atoms with Gasteiger partial charge in [-0.2, -0.15) is 0 Å². The minimum atomic E-state index is -0.0458. The van der Waals surface area contributed by atoms with Crippen LogP contribution in [0.15, 0.2) is 35.1 Å². The number of carbonyl (C=O) groups excluding carboxylic acids is 2. The van der Waals surface area contributed by atoms with Crippen LogP contribution in [0.2, 0.25) is 0 Å². The fourth-order valence-corrected chi connectivity index (χ4v) is 5.32. The molecule has 0 saturated carbocycles. The molecule has 1 fully saturated rings. The van der Waals surface area contributed by atoms with Gasteiger partial charge in [-0.05, 0) is 30.4 Å². The second-order valence-electron chi connectivity index (χ2n) is 9.53. The fourth-order valence-electron chi connectivity index (χ4n) is 5.32. The molecule has 0 N–H and O–H groups in total. The molecular formula is C24H29N5O3. The Morgan fingerprint density at radius 3 is 2.44 bits per heavy atom. The molecule has 32 heavy (non-hydrogen) atoms. The molecule has 0 bridgehead atoms. The van der Waals surface area contributed by atoms with E-state index in [1.165, 1.54) is 0 Å². The molecule has 0 radical (unpaired) electrons. The summed E-state index contributed by atoms with van der Waals surface area (Å²) in [4.78, 5) is 48.7. The first kappa shape index (κ1) is 20.7. The summed E-state index contributed by atoms with van der Waals surface area (Å²) in [6.07, 6.45) is 3.14. The maximum atomic E-state index is 13.4. The van der Waals surface area contributed by atoms with Gasteiger partial charge in [-0.25, -0.2) is 9.78 Å². The molecule has 1 spiro atoms. The Morgan fingerprint density at radius 2 is 1.75 bits per heavy atom. The summed E-state index contributed by atoms with van der Waals surface area (Å²) in [5.41, 5.74) is 2.13. The zero-order valence-electron chi connectivity index (χ0n) is 18.7. The van der Waals surface area contributed by atoms with Crippen LogP contribution in [0.3, 0.4) is 0 Å². The van der Waals surface area contributed by atoms with Crippen LogP contribution in [0, 0.1) is 5.41 Å². The lowest BCUT2D eigenvalue weighted by molar-refractivity contribution is 0.0731. The summed E-state index contributed by atoms with van der Waals surface area (Å²) < 4.78 is 1.83. The van der Waals surface area contributed by atoms with Crippen LogP contribution in [0.5, 0.6) is 0 Å². The van der Waals surface area contributed by atoms with Crippen LogP contribution in [0.4, 0.5) is 4.79 Å². The first-order chi connectivity index (χ1) is 15.4. The third-order valence-corrected chi connectivity index (χ3v) is 7.21. The molecule has 3 aliphatic heterocycles. The van der Waals surface area contributed by atoms with Gasteiger partial charge < -0.3 is 14.7 Å². The van der Waals surface area contributed by atoms with Gasteiger partial charge in [0, 0.05) is 58.7 Å². The Morgan fingerprint density at radius 1 is 1.03 bits per heavy atom. The second kappa shape index (κ2) is 7.76. The molecular weight excluding hydrogens is 406 g/mol. The maximum absolute atomic E-state index is 13.4. The lowest BCUT2D eigenvalue weighted by Crippen LogP contribution is -2.47. The predicted molar refractivity (Wildman–Crippen MR) is 119 cm³/mol. The minimum absolute atomic E-state index is 0.000709. The largest absolute Gasteiger partial charge is 0.334 e. The van der Waals surface area contributed by atoms with E-state index in [0.717, 1.165) is 30.8 Å². The molecule has 2 aromatic rings. The van der Waals surface area contributed by atoms with Gasteiger partial charge in [0.1, 0.15) is 5.82 Å². The Balaban J connectivity index is 1.35. The zero-order valence-corrected chi connectivity index (χ0v) is 18.7.